The number of benzene rings is 1. The maximum absolute atomic E-state index is 12.5. The van der Waals surface area contributed by atoms with E-state index in [1.165, 1.54) is 18.2 Å². The van der Waals surface area contributed by atoms with Gasteiger partial charge in [0.15, 0.2) is 0 Å². The van der Waals surface area contributed by atoms with Gasteiger partial charge in [-0.05, 0) is 12.1 Å². The van der Waals surface area contributed by atoms with Crippen molar-refractivity contribution in [1.82, 2.24) is 0 Å². The number of carboxylic acid groups (broad SMARTS) is 1. The number of carbonyl (C=O) groups is 1. The Morgan fingerprint density at radius 3 is 2.40 bits per heavy atom. The smallest absolute Gasteiger partial charge is 0.338 e. The maximum atomic E-state index is 12.5. The van der Waals surface area contributed by atoms with Gasteiger partial charge in [-0.15, -0.1) is 0 Å². The minimum Gasteiger partial charge on any atom is -0.478 e. The summed E-state index contributed by atoms with van der Waals surface area (Å²) in [5.74, 6) is -1.94. The van der Waals surface area contributed by atoms with Gasteiger partial charge in [-0.1, -0.05) is 12.1 Å². The predicted octanol–water partition coefficient (Wildman–Crippen LogP) is 1.52. The van der Waals surface area contributed by atoms with Gasteiger partial charge in [0, 0.05) is 0 Å². The Labute approximate surface area is 56.9 Å². The molecule has 3 heteroatoms. The van der Waals surface area contributed by atoms with Crippen molar-refractivity contribution in [2.24, 2.45) is 0 Å². The van der Waals surface area contributed by atoms with Crippen molar-refractivity contribution >= 4 is 5.97 Å². The van der Waals surface area contributed by atoms with Gasteiger partial charge in [0.2, 0.25) is 0 Å². The maximum Gasteiger partial charge on any atom is 0.338 e. The lowest BCUT2D eigenvalue weighted by Gasteiger charge is -1.92. The van der Waals surface area contributed by atoms with Crippen LogP contribution in [0.4, 0.5) is 4.39 Å². The van der Waals surface area contributed by atoms with Gasteiger partial charge in [-0.3, -0.25) is 0 Å². The van der Waals surface area contributed by atoms with Crippen molar-refractivity contribution in [2.75, 3.05) is 0 Å². The van der Waals surface area contributed by atoms with Crippen molar-refractivity contribution in [3.05, 3.63) is 35.6 Å². The zero-order valence-electron chi connectivity index (χ0n) is 5.04. The molecule has 0 spiro atoms. The number of hydrogen-bond acceptors (Lipinski definition) is 1. The largest absolute Gasteiger partial charge is 0.478 e. The standard InChI is InChI=1S/C7H5FO2/c8-6-4-2-1-3-5(6)7(9)10/h1-4H,(H,9,10)/i7+1. The molecule has 1 aromatic carbocycles. The molecule has 0 aliphatic carbocycles. The lowest BCUT2D eigenvalue weighted by atomic mass is 10.3. The molecule has 0 radical (unpaired) electrons. The second-order valence-electron chi connectivity index (χ2n) is 1.78. The summed E-state index contributed by atoms with van der Waals surface area (Å²) in [7, 11) is 0. The van der Waals surface area contributed by atoms with E-state index in [-0.39, 0.29) is 5.56 Å². The molecule has 2 nitrogen and oxygen atoms in total. The zero-order chi connectivity index (χ0) is 7.56. The van der Waals surface area contributed by atoms with E-state index in [1.54, 1.807) is 0 Å². The summed E-state index contributed by atoms with van der Waals surface area (Å²) in [5, 5.41) is 8.33. The Morgan fingerprint density at radius 1 is 1.40 bits per heavy atom. The van der Waals surface area contributed by atoms with Crippen LogP contribution in [0.1, 0.15) is 10.4 Å². The van der Waals surface area contributed by atoms with Crippen molar-refractivity contribution < 1.29 is 14.3 Å². The molecular formula is C7H5FO2. The minimum atomic E-state index is -1.24. The van der Waals surface area contributed by atoms with E-state index in [2.05, 4.69) is 0 Å². The van der Waals surface area contributed by atoms with Gasteiger partial charge in [-0.2, -0.15) is 0 Å². The van der Waals surface area contributed by atoms with Gasteiger partial charge in [0.1, 0.15) is 5.82 Å². The van der Waals surface area contributed by atoms with Crippen LogP contribution in [0, 0.1) is 5.82 Å². The van der Waals surface area contributed by atoms with Crippen LogP contribution in [0.2, 0.25) is 0 Å². The van der Waals surface area contributed by atoms with Crippen molar-refractivity contribution in [1.29, 1.82) is 0 Å². The Kier molecular flexibility index (Phi) is 1.67. The highest BCUT2D eigenvalue weighted by Crippen LogP contribution is 2.04. The number of rotatable bonds is 1. The van der Waals surface area contributed by atoms with Crippen LogP contribution in [0.25, 0.3) is 0 Å². The van der Waals surface area contributed by atoms with E-state index < -0.39 is 11.8 Å². The summed E-state index contributed by atoms with van der Waals surface area (Å²) in [6.45, 7) is 0. The molecule has 0 heterocycles. The first-order valence-corrected chi connectivity index (χ1v) is 2.69. The summed E-state index contributed by atoms with van der Waals surface area (Å²) in [4.78, 5) is 10.2. The first-order valence-electron chi connectivity index (χ1n) is 2.69. The highest BCUT2D eigenvalue weighted by molar-refractivity contribution is 5.87. The SMILES string of the molecule is O=[13C](O)c1ccccc1F. The van der Waals surface area contributed by atoms with E-state index in [4.69, 9.17) is 5.11 Å². The van der Waals surface area contributed by atoms with Gasteiger partial charge in [0.05, 0.1) is 5.56 Å². The first-order chi connectivity index (χ1) is 4.72. The zero-order valence-corrected chi connectivity index (χ0v) is 5.04. The van der Waals surface area contributed by atoms with Crippen LogP contribution < -0.4 is 0 Å². The second kappa shape index (κ2) is 2.47. The molecule has 0 unspecified atom stereocenters. The number of aromatic carboxylic acids is 1. The van der Waals surface area contributed by atoms with Crippen LogP contribution in [0.5, 0.6) is 0 Å². The summed E-state index contributed by atoms with van der Waals surface area (Å²) in [6, 6.07) is 5.26. The Bertz CT molecular complexity index is 258. The van der Waals surface area contributed by atoms with Crippen LogP contribution in [-0.2, 0) is 0 Å². The van der Waals surface area contributed by atoms with E-state index in [1.807, 2.05) is 0 Å². The fourth-order valence-electron chi connectivity index (χ4n) is 0.635. The third-order valence-corrected chi connectivity index (χ3v) is 1.10. The van der Waals surface area contributed by atoms with E-state index in [0.29, 0.717) is 0 Å². The average molecular weight is 141 g/mol. The van der Waals surface area contributed by atoms with Crippen LogP contribution in [0.3, 0.4) is 0 Å². The molecule has 0 saturated carbocycles. The summed E-state index contributed by atoms with van der Waals surface area (Å²) in [6.07, 6.45) is 0. The third-order valence-electron chi connectivity index (χ3n) is 1.10. The molecule has 0 aromatic heterocycles. The summed E-state index contributed by atoms with van der Waals surface area (Å²) < 4.78 is 12.5. The normalized spacial score (nSPS) is 9.30. The van der Waals surface area contributed by atoms with E-state index >= 15 is 0 Å². The highest BCUT2D eigenvalue weighted by Gasteiger charge is 2.06. The van der Waals surface area contributed by atoms with Crippen LogP contribution in [0.15, 0.2) is 24.3 Å². The Hall–Kier alpha value is -1.38. The highest BCUT2D eigenvalue weighted by atomic mass is 19.1. The predicted molar refractivity (Wildman–Crippen MR) is 33.4 cm³/mol. The molecule has 1 rings (SSSR count). The molecule has 0 fully saturated rings. The molecule has 0 atom stereocenters. The molecule has 0 bridgehead atoms. The molecule has 1 aromatic rings. The fraction of sp³-hybridized carbons (Fsp3) is 0. The van der Waals surface area contributed by atoms with Crippen LogP contribution in [-0.4, -0.2) is 11.1 Å². The van der Waals surface area contributed by atoms with Crippen molar-refractivity contribution in [2.45, 2.75) is 0 Å². The Balaban J connectivity index is 3.15. The second-order valence-corrected chi connectivity index (χ2v) is 1.78. The lowest BCUT2D eigenvalue weighted by molar-refractivity contribution is 0.0692. The Morgan fingerprint density at radius 2 is 2.00 bits per heavy atom. The van der Waals surface area contributed by atoms with Crippen molar-refractivity contribution in [3.63, 3.8) is 0 Å². The quantitative estimate of drug-likeness (QED) is 0.602. The summed E-state index contributed by atoms with van der Waals surface area (Å²) in [5.41, 5.74) is -0.289. The van der Waals surface area contributed by atoms with Gasteiger partial charge in [-0.25, -0.2) is 9.18 Å². The number of halogens is 1. The van der Waals surface area contributed by atoms with Crippen LogP contribution >= 0.6 is 0 Å². The molecule has 0 aliphatic rings. The molecule has 52 valence electrons. The first kappa shape index (κ1) is 6.74. The van der Waals surface area contributed by atoms with Gasteiger partial charge < -0.3 is 5.11 Å². The molecule has 0 saturated heterocycles. The third kappa shape index (κ3) is 1.13. The van der Waals surface area contributed by atoms with E-state index in [0.717, 1.165) is 6.07 Å². The number of carboxylic acids is 1. The molecule has 0 aliphatic heterocycles. The topological polar surface area (TPSA) is 37.3 Å². The molecule has 1 N–H and O–H groups in total. The molecule has 10 heavy (non-hydrogen) atoms. The number of hydrogen-bond donors (Lipinski definition) is 1. The lowest BCUT2D eigenvalue weighted by Crippen LogP contribution is -1.98. The summed E-state index contributed by atoms with van der Waals surface area (Å²) >= 11 is 0. The fourth-order valence-corrected chi connectivity index (χ4v) is 0.635. The van der Waals surface area contributed by atoms with E-state index in [9.17, 15) is 9.18 Å². The monoisotopic (exact) mass is 141 g/mol. The molecular weight excluding hydrogens is 136 g/mol. The molecule has 0 amide bonds. The minimum absolute atomic E-state index is 0.289. The van der Waals surface area contributed by atoms with Crippen molar-refractivity contribution in [3.8, 4) is 0 Å². The van der Waals surface area contributed by atoms with Gasteiger partial charge in [0.25, 0.3) is 0 Å². The average Bonchev–Trinajstić information content (AvgIpc) is 1.88. The van der Waals surface area contributed by atoms with Gasteiger partial charge >= 0.3 is 5.97 Å².